The fourth-order valence-corrected chi connectivity index (χ4v) is 4.87. The van der Waals surface area contributed by atoms with Crippen molar-refractivity contribution in [3.63, 3.8) is 0 Å². The Balaban J connectivity index is 1.30. The third-order valence-corrected chi connectivity index (χ3v) is 6.94. The normalized spacial score (nSPS) is 11.8. The van der Waals surface area contributed by atoms with Crippen molar-refractivity contribution < 1.29 is 9.53 Å². The molecule has 180 valence electrons. The molecule has 0 aliphatic rings. The summed E-state index contributed by atoms with van der Waals surface area (Å²) >= 11 is 7.64. The van der Waals surface area contributed by atoms with Crippen LogP contribution in [0.3, 0.4) is 0 Å². The van der Waals surface area contributed by atoms with E-state index >= 15 is 0 Å². The summed E-state index contributed by atoms with van der Waals surface area (Å²) in [4.78, 5) is 17.8. The molecule has 0 radical (unpaired) electrons. The molecule has 5 rings (SSSR count). The number of fused-ring (bicyclic) bond motifs is 1. The third kappa shape index (κ3) is 5.73. The first kappa shape index (κ1) is 24.0. The van der Waals surface area contributed by atoms with Crippen LogP contribution >= 0.6 is 23.4 Å². The Morgan fingerprint density at radius 3 is 2.33 bits per heavy atom. The van der Waals surface area contributed by atoms with E-state index in [0.29, 0.717) is 23.0 Å². The molecular formula is C29H24ClN3O2S. The summed E-state index contributed by atoms with van der Waals surface area (Å²) in [6.07, 6.45) is 0. The van der Waals surface area contributed by atoms with E-state index in [-0.39, 0.29) is 11.2 Å². The summed E-state index contributed by atoms with van der Waals surface area (Å²) in [5.74, 6) is 1.36. The summed E-state index contributed by atoms with van der Waals surface area (Å²) in [5.41, 5.74) is 3.65. The smallest absolute Gasteiger partial charge is 0.237 e. The van der Waals surface area contributed by atoms with E-state index in [1.165, 1.54) is 11.8 Å². The lowest BCUT2D eigenvalue weighted by Crippen LogP contribution is -2.23. The molecule has 4 aromatic carbocycles. The quantitative estimate of drug-likeness (QED) is 0.216. The molecule has 1 unspecified atom stereocenters. The topological polar surface area (TPSA) is 56.2 Å². The molecule has 1 aromatic heterocycles. The Morgan fingerprint density at radius 1 is 0.944 bits per heavy atom. The van der Waals surface area contributed by atoms with Gasteiger partial charge in [-0.15, -0.1) is 0 Å². The number of thioether (sulfide) groups is 1. The number of ether oxygens (including phenoxy) is 1. The van der Waals surface area contributed by atoms with Crippen LogP contribution in [0.15, 0.2) is 108 Å². The molecule has 0 spiro atoms. The number of carbonyl (C=O) groups is 1. The van der Waals surface area contributed by atoms with Crippen LogP contribution in [0.5, 0.6) is 11.5 Å². The van der Waals surface area contributed by atoms with E-state index in [1.54, 1.807) is 0 Å². The number of hydrogen-bond donors (Lipinski definition) is 1. The van der Waals surface area contributed by atoms with Crippen LogP contribution in [0.1, 0.15) is 12.5 Å². The van der Waals surface area contributed by atoms with Gasteiger partial charge in [0, 0.05) is 10.7 Å². The monoisotopic (exact) mass is 513 g/mol. The van der Waals surface area contributed by atoms with Crippen LogP contribution in [-0.4, -0.2) is 20.7 Å². The predicted octanol–water partition coefficient (Wildman–Crippen LogP) is 7.65. The fourth-order valence-electron chi connectivity index (χ4n) is 3.78. The highest BCUT2D eigenvalue weighted by Gasteiger charge is 2.20. The van der Waals surface area contributed by atoms with Crippen LogP contribution in [0.25, 0.3) is 11.0 Å². The summed E-state index contributed by atoms with van der Waals surface area (Å²) in [6, 6.07) is 32.8. The number of benzene rings is 4. The zero-order chi connectivity index (χ0) is 24.9. The van der Waals surface area contributed by atoms with Gasteiger partial charge in [-0.05, 0) is 67.1 Å². The molecule has 36 heavy (non-hydrogen) atoms. The van der Waals surface area contributed by atoms with Gasteiger partial charge >= 0.3 is 0 Å². The molecular weight excluding hydrogens is 490 g/mol. The zero-order valence-corrected chi connectivity index (χ0v) is 21.2. The second-order valence-corrected chi connectivity index (χ2v) is 10.0. The number of hydrogen-bond acceptors (Lipinski definition) is 4. The van der Waals surface area contributed by atoms with Gasteiger partial charge in [-0.2, -0.15) is 0 Å². The lowest BCUT2D eigenvalue weighted by atomic mass is 10.2. The van der Waals surface area contributed by atoms with Crippen molar-refractivity contribution in [1.29, 1.82) is 0 Å². The lowest BCUT2D eigenvalue weighted by molar-refractivity contribution is -0.115. The van der Waals surface area contributed by atoms with Gasteiger partial charge in [0.15, 0.2) is 5.16 Å². The predicted molar refractivity (Wildman–Crippen MR) is 147 cm³/mol. The summed E-state index contributed by atoms with van der Waals surface area (Å²) < 4.78 is 7.96. The van der Waals surface area contributed by atoms with E-state index in [0.717, 1.165) is 27.5 Å². The van der Waals surface area contributed by atoms with Crippen LogP contribution < -0.4 is 10.1 Å². The summed E-state index contributed by atoms with van der Waals surface area (Å²) in [6.45, 7) is 2.53. The first-order valence-corrected chi connectivity index (χ1v) is 12.8. The number of amides is 1. The van der Waals surface area contributed by atoms with E-state index in [9.17, 15) is 4.79 Å². The van der Waals surface area contributed by atoms with Gasteiger partial charge in [0.25, 0.3) is 0 Å². The molecule has 5 aromatic rings. The van der Waals surface area contributed by atoms with Crippen molar-refractivity contribution in [3.8, 4) is 11.5 Å². The van der Waals surface area contributed by atoms with Gasteiger partial charge in [-0.25, -0.2) is 4.98 Å². The maximum absolute atomic E-state index is 13.0. The van der Waals surface area contributed by atoms with E-state index < -0.39 is 0 Å². The largest absolute Gasteiger partial charge is 0.457 e. The van der Waals surface area contributed by atoms with E-state index in [2.05, 4.69) is 22.0 Å². The van der Waals surface area contributed by atoms with Gasteiger partial charge in [0.1, 0.15) is 11.5 Å². The molecule has 1 atom stereocenters. The third-order valence-electron chi connectivity index (χ3n) is 5.61. The van der Waals surface area contributed by atoms with Gasteiger partial charge in [0.05, 0.1) is 22.8 Å². The number of rotatable bonds is 8. The molecule has 0 aliphatic carbocycles. The van der Waals surface area contributed by atoms with Crippen molar-refractivity contribution in [2.75, 3.05) is 5.32 Å². The molecule has 1 amide bonds. The van der Waals surface area contributed by atoms with Gasteiger partial charge in [-0.3, -0.25) is 4.79 Å². The number of anilines is 1. The maximum Gasteiger partial charge on any atom is 0.237 e. The number of halogens is 1. The average Bonchev–Trinajstić information content (AvgIpc) is 3.22. The van der Waals surface area contributed by atoms with Gasteiger partial charge in [0.2, 0.25) is 5.91 Å². The number of nitrogens with one attached hydrogen (secondary N) is 1. The second-order valence-electron chi connectivity index (χ2n) is 8.29. The molecule has 0 saturated heterocycles. The Morgan fingerprint density at radius 2 is 1.61 bits per heavy atom. The van der Waals surface area contributed by atoms with Crippen molar-refractivity contribution in [2.45, 2.75) is 23.9 Å². The highest BCUT2D eigenvalue weighted by atomic mass is 35.5. The Bertz CT molecular complexity index is 1470. The summed E-state index contributed by atoms with van der Waals surface area (Å²) in [5, 5.41) is 4.03. The standard InChI is InChI=1S/C29H24ClN3O2S/c1-20(28(34)31-23-13-15-25(16-14-23)35-24-10-6-3-7-11-24)36-29-32-26-18-22(30)12-17-27(26)33(29)19-21-8-4-2-5-9-21/h2-18,20H,19H2,1H3,(H,31,34). The minimum absolute atomic E-state index is 0.104. The Kier molecular flexibility index (Phi) is 7.26. The van der Waals surface area contributed by atoms with Crippen LogP contribution in [0.4, 0.5) is 5.69 Å². The Hall–Kier alpha value is -3.74. The number of carbonyl (C=O) groups excluding carboxylic acids is 1. The number of para-hydroxylation sites is 1. The number of nitrogens with zero attached hydrogens (tertiary/aromatic N) is 2. The lowest BCUT2D eigenvalue weighted by Gasteiger charge is -2.14. The molecule has 7 heteroatoms. The van der Waals surface area contributed by atoms with E-state index in [1.807, 2.05) is 97.9 Å². The molecule has 0 saturated carbocycles. The van der Waals surface area contributed by atoms with Crippen molar-refractivity contribution in [2.24, 2.45) is 0 Å². The molecule has 5 nitrogen and oxygen atoms in total. The first-order chi connectivity index (χ1) is 17.5. The number of imidazole rings is 1. The van der Waals surface area contributed by atoms with E-state index in [4.69, 9.17) is 21.3 Å². The van der Waals surface area contributed by atoms with Crippen molar-refractivity contribution >= 4 is 46.0 Å². The Labute approximate surface area is 219 Å². The van der Waals surface area contributed by atoms with Crippen LogP contribution in [0, 0.1) is 0 Å². The maximum atomic E-state index is 13.0. The van der Waals surface area contributed by atoms with Crippen LogP contribution in [-0.2, 0) is 11.3 Å². The van der Waals surface area contributed by atoms with Gasteiger partial charge < -0.3 is 14.6 Å². The molecule has 0 aliphatic heterocycles. The highest BCUT2D eigenvalue weighted by molar-refractivity contribution is 8.00. The molecule has 1 N–H and O–H groups in total. The van der Waals surface area contributed by atoms with Crippen LogP contribution in [0.2, 0.25) is 5.02 Å². The summed E-state index contributed by atoms with van der Waals surface area (Å²) in [7, 11) is 0. The molecule has 1 heterocycles. The average molecular weight is 514 g/mol. The first-order valence-electron chi connectivity index (χ1n) is 11.6. The molecule has 0 fully saturated rings. The zero-order valence-electron chi connectivity index (χ0n) is 19.6. The fraction of sp³-hybridized carbons (Fsp3) is 0.103. The second kappa shape index (κ2) is 10.9. The van der Waals surface area contributed by atoms with Crippen molar-refractivity contribution in [3.05, 3.63) is 114 Å². The van der Waals surface area contributed by atoms with Gasteiger partial charge in [-0.1, -0.05) is 71.9 Å². The SMILES string of the molecule is CC(Sc1nc2cc(Cl)ccc2n1Cc1ccccc1)C(=O)Nc1ccc(Oc2ccccc2)cc1. The minimum Gasteiger partial charge on any atom is -0.457 e. The van der Waals surface area contributed by atoms with Crippen molar-refractivity contribution in [1.82, 2.24) is 9.55 Å². The molecule has 0 bridgehead atoms. The minimum atomic E-state index is -0.368. The number of aromatic nitrogens is 2. The highest BCUT2D eigenvalue weighted by Crippen LogP contribution is 2.30.